The monoisotopic (exact) mass is 522 g/mol. The molecular weight excluding hydrogens is 495 g/mol. The number of hydrogen-bond acceptors (Lipinski definition) is 7. The van der Waals surface area contributed by atoms with E-state index in [-0.39, 0.29) is 11.0 Å². The molecule has 1 aromatic heterocycles. The SMILES string of the molecule is CCn1c(Oc2cccc(N3CCN(C)CC3)c2)nnc1[C@@H](C)NS(=O)(=O)c1ccc(Cl)cc1F. The zero-order valence-corrected chi connectivity index (χ0v) is 21.4. The van der Waals surface area contributed by atoms with E-state index in [0.717, 1.165) is 44.0 Å². The standard InChI is InChI=1S/C23H28ClFN6O3S/c1-4-31-22(16(2)28-35(32,33)21-9-8-17(24)14-20(21)25)26-27-23(31)34-19-7-5-6-18(15-19)30-12-10-29(3)11-13-30/h5-9,14-16,28H,4,10-13H2,1-3H3/t16-/m1/s1. The number of benzene rings is 2. The van der Waals surface area contributed by atoms with Crippen molar-refractivity contribution in [2.75, 3.05) is 38.1 Å². The first kappa shape index (κ1) is 25.4. The molecule has 1 aliphatic heterocycles. The number of piperazine rings is 1. The number of halogens is 2. The van der Waals surface area contributed by atoms with E-state index >= 15 is 0 Å². The molecule has 188 valence electrons. The van der Waals surface area contributed by atoms with E-state index in [2.05, 4.69) is 31.8 Å². The van der Waals surface area contributed by atoms with Gasteiger partial charge in [0.2, 0.25) is 10.0 Å². The van der Waals surface area contributed by atoms with Gasteiger partial charge in [-0.05, 0) is 51.2 Å². The molecule has 0 aliphatic carbocycles. The molecule has 0 unspecified atom stereocenters. The summed E-state index contributed by atoms with van der Waals surface area (Å²) in [7, 11) is -2.06. The Kier molecular flexibility index (Phi) is 7.60. The minimum Gasteiger partial charge on any atom is -0.424 e. The van der Waals surface area contributed by atoms with Crippen molar-refractivity contribution in [1.29, 1.82) is 0 Å². The van der Waals surface area contributed by atoms with Crippen molar-refractivity contribution in [3.8, 4) is 11.8 Å². The second kappa shape index (κ2) is 10.5. The molecule has 2 heterocycles. The fourth-order valence-corrected chi connectivity index (χ4v) is 5.37. The number of nitrogens with zero attached hydrogens (tertiary/aromatic N) is 5. The lowest BCUT2D eigenvalue weighted by Gasteiger charge is -2.34. The number of aromatic nitrogens is 3. The Labute approximate surface area is 209 Å². The Balaban J connectivity index is 1.52. The van der Waals surface area contributed by atoms with E-state index in [1.165, 1.54) is 6.07 Å². The fraction of sp³-hybridized carbons (Fsp3) is 0.391. The van der Waals surface area contributed by atoms with Gasteiger partial charge in [0.05, 0.1) is 6.04 Å². The maximum atomic E-state index is 14.2. The van der Waals surface area contributed by atoms with Crippen LogP contribution in [0.25, 0.3) is 0 Å². The molecule has 2 aromatic carbocycles. The summed E-state index contributed by atoms with van der Waals surface area (Å²) in [6.45, 7) is 7.78. The minimum atomic E-state index is -4.17. The van der Waals surface area contributed by atoms with Crippen molar-refractivity contribution < 1.29 is 17.5 Å². The molecule has 1 atom stereocenters. The first-order valence-corrected chi connectivity index (χ1v) is 13.2. The summed E-state index contributed by atoms with van der Waals surface area (Å²) in [6, 6.07) is 10.6. The summed E-state index contributed by atoms with van der Waals surface area (Å²) in [5.41, 5.74) is 1.06. The van der Waals surface area contributed by atoms with Crippen LogP contribution >= 0.6 is 11.6 Å². The molecule has 4 rings (SSSR count). The molecule has 0 saturated carbocycles. The molecule has 1 N–H and O–H groups in total. The first-order chi connectivity index (χ1) is 16.7. The van der Waals surface area contributed by atoms with E-state index in [4.69, 9.17) is 16.3 Å². The lowest BCUT2D eigenvalue weighted by atomic mass is 10.2. The summed E-state index contributed by atoms with van der Waals surface area (Å²) < 4.78 is 49.9. The Morgan fingerprint density at radius 2 is 1.89 bits per heavy atom. The van der Waals surface area contributed by atoms with Crippen LogP contribution < -0.4 is 14.4 Å². The molecule has 1 fully saturated rings. The van der Waals surface area contributed by atoms with Crippen LogP contribution in [0.5, 0.6) is 11.8 Å². The average Bonchev–Trinajstić information content (AvgIpc) is 3.22. The number of anilines is 1. The Bertz CT molecular complexity index is 1290. The van der Waals surface area contributed by atoms with Gasteiger partial charge in [-0.15, -0.1) is 5.10 Å². The van der Waals surface area contributed by atoms with E-state index < -0.39 is 26.8 Å². The number of likely N-dealkylation sites (N-methyl/N-ethyl adjacent to an activating group) is 1. The van der Waals surface area contributed by atoms with Gasteiger partial charge < -0.3 is 14.5 Å². The molecule has 3 aromatic rings. The highest BCUT2D eigenvalue weighted by atomic mass is 35.5. The highest BCUT2D eigenvalue weighted by Gasteiger charge is 2.26. The van der Waals surface area contributed by atoms with Crippen LogP contribution in [0.15, 0.2) is 47.4 Å². The summed E-state index contributed by atoms with van der Waals surface area (Å²) in [5, 5.41) is 8.39. The lowest BCUT2D eigenvalue weighted by molar-refractivity contribution is 0.312. The molecule has 35 heavy (non-hydrogen) atoms. The van der Waals surface area contributed by atoms with E-state index in [1.54, 1.807) is 11.5 Å². The fourth-order valence-electron chi connectivity index (χ4n) is 3.95. The summed E-state index contributed by atoms with van der Waals surface area (Å²) in [4.78, 5) is 4.10. The maximum Gasteiger partial charge on any atom is 0.322 e. The van der Waals surface area contributed by atoms with Crippen molar-refractivity contribution >= 4 is 27.3 Å². The minimum absolute atomic E-state index is 0.110. The quantitative estimate of drug-likeness (QED) is 0.482. The molecule has 0 bridgehead atoms. The van der Waals surface area contributed by atoms with Crippen LogP contribution in [0.4, 0.5) is 10.1 Å². The second-order valence-electron chi connectivity index (χ2n) is 8.39. The smallest absolute Gasteiger partial charge is 0.322 e. The van der Waals surface area contributed by atoms with Gasteiger partial charge in [0.1, 0.15) is 16.5 Å². The molecule has 9 nitrogen and oxygen atoms in total. The predicted molar refractivity (Wildman–Crippen MR) is 132 cm³/mol. The van der Waals surface area contributed by atoms with Crippen molar-refractivity contribution in [3.63, 3.8) is 0 Å². The maximum absolute atomic E-state index is 14.2. The average molecular weight is 523 g/mol. The van der Waals surface area contributed by atoms with Crippen molar-refractivity contribution in [1.82, 2.24) is 24.4 Å². The van der Waals surface area contributed by atoms with Crippen LogP contribution in [0, 0.1) is 5.82 Å². The first-order valence-electron chi connectivity index (χ1n) is 11.3. The van der Waals surface area contributed by atoms with Crippen LogP contribution in [0.2, 0.25) is 5.02 Å². The number of nitrogens with one attached hydrogen (secondary N) is 1. The van der Waals surface area contributed by atoms with Crippen LogP contribution in [0.1, 0.15) is 25.7 Å². The van der Waals surface area contributed by atoms with Crippen molar-refractivity contribution in [3.05, 3.63) is 59.1 Å². The van der Waals surface area contributed by atoms with Gasteiger partial charge in [0.15, 0.2) is 5.82 Å². The molecule has 1 saturated heterocycles. The third kappa shape index (κ3) is 5.75. The van der Waals surface area contributed by atoms with Gasteiger partial charge in [-0.1, -0.05) is 22.8 Å². The number of hydrogen-bond donors (Lipinski definition) is 1. The third-order valence-electron chi connectivity index (χ3n) is 5.86. The van der Waals surface area contributed by atoms with Gasteiger partial charge in [0.25, 0.3) is 0 Å². The molecule has 0 radical (unpaired) electrons. The summed E-state index contributed by atoms with van der Waals surface area (Å²) in [6.07, 6.45) is 0. The van der Waals surface area contributed by atoms with Gasteiger partial charge >= 0.3 is 6.01 Å². The van der Waals surface area contributed by atoms with Crippen molar-refractivity contribution in [2.45, 2.75) is 31.3 Å². The van der Waals surface area contributed by atoms with E-state index in [9.17, 15) is 12.8 Å². The second-order valence-corrected chi connectivity index (χ2v) is 10.5. The molecule has 12 heteroatoms. The highest BCUT2D eigenvalue weighted by molar-refractivity contribution is 7.89. The Morgan fingerprint density at radius 3 is 2.57 bits per heavy atom. The number of sulfonamides is 1. The zero-order chi connectivity index (χ0) is 25.2. The summed E-state index contributed by atoms with van der Waals surface area (Å²) >= 11 is 5.74. The molecule has 0 amide bonds. The van der Waals surface area contributed by atoms with Crippen molar-refractivity contribution in [2.24, 2.45) is 0 Å². The predicted octanol–water partition coefficient (Wildman–Crippen LogP) is 3.67. The van der Waals surface area contributed by atoms with E-state index in [0.29, 0.717) is 18.1 Å². The Hall–Kier alpha value is -2.73. The lowest BCUT2D eigenvalue weighted by Crippen LogP contribution is -2.44. The highest BCUT2D eigenvalue weighted by Crippen LogP contribution is 2.28. The Morgan fingerprint density at radius 1 is 1.14 bits per heavy atom. The van der Waals surface area contributed by atoms with Gasteiger partial charge in [-0.2, -0.15) is 0 Å². The normalized spacial score (nSPS) is 15.9. The molecule has 1 aliphatic rings. The zero-order valence-electron chi connectivity index (χ0n) is 19.8. The van der Waals surface area contributed by atoms with Crippen LogP contribution in [-0.4, -0.2) is 61.3 Å². The largest absolute Gasteiger partial charge is 0.424 e. The summed E-state index contributed by atoms with van der Waals surface area (Å²) in [5.74, 6) is 0.0145. The number of rotatable bonds is 8. The van der Waals surface area contributed by atoms with Gasteiger partial charge in [-0.3, -0.25) is 4.57 Å². The van der Waals surface area contributed by atoms with Gasteiger partial charge in [-0.25, -0.2) is 17.5 Å². The topological polar surface area (TPSA) is 92.6 Å². The van der Waals surface area contributed by atoms with Gasteiger partial charge in [0, 0.05) is 49.5 Å². The third-order valence-corrected chi connectivity index (χ3v) is 7.67. The molecule has 0 spiro atoms. The van der Waals surface area contributed by atoms with Crippen LogP contribution in [0.3, 0.4) is 0 Å². The van der Waals surface area contributed by atoms with Crippen LogP contribution in [-0.2, 0) is 16.6 Å². The molecular formula is C23H28ClFN6O3S. The van der Waals surface area contributed by atoms with E-state index in [1.807, 2.05) is 31.2 Å². The number of ether oxygens (including phenoxy) is 1.